The maximum Gasteiger partial charge on any atom is 0.135 e. The minimum absolute atomic E-state index is 0.679. The Labute approximate surface area is 128 Å². The third-order valence-corrected chi connectivity index (χ3v) is 3.93. The Morgan fingerprint density at radius 1 is 1.21 bits per heavy atom. The number of hydrogen-bond acceptors (Lipinski definition) is 4. The fourth-order valence-corrected chi connectivity index (χ4v) is 2.81. The van der Waals surface area contributed by atoms with Gasteiger partial charge in [0.1, 0.15) is 11.6 Å². The number of rotatable bonds is 3. The number of aromatic nitrogens is 1. The standard InChI is InChI=1S/C13H13Br2N3O/c1-7-3-13(17-6-10(7)16)18-11-5-12(19-2)9(15)4-8(11)14/h3-6H,16H2,1-2H3,(H,17,18). The quantitative estimate of drug-likeness (QED) is 0.827. The summed E-state index contributed by atoms with van der Waals surface area (Å²) >= 11 is 6.93. The molecule has 1 aromatic heterocycles. The number of ether oxygens (including phenoxy) is 1. The first-order valence-corrected chi connectivity index (χ1v) is 7.12. The largest absolute Gasteiger partial charge is 0.495 e. The lowest BCUT2D eigenvalue weighted by atomic mass is 10.2. The molecular weight excluding hydrogens is 374 g/mol. The van der Waals surface area contributed by atoms with Gasteiger partial charge in [0, 0.05) is 10.5 Å². The summed E-state index contributed by atoms with van der Waals surface area (Å²) in [5, 5.41) is 3.23. The highest BCUT2D eigenvalue weighted by molar-refractivity contribution is 9.11. The first kappa shape index (κ1) is 14.1. The van der Waals surface area contributed by atoms with Gasteiger partial charge in [-0.15, -0.1) is 0 Å². The van der Waals surface area contributed by atoms with Gasteiger partial charge in [0.25, 0.3) is 0 Å². The van der Waals surface area contributed by atoms with Crippen LogP contribution in [0.25, 0.3) is 0 Å². The molecule has 0 aliphatic carbocycles. The van der Waals surface area contributed by atoms with Crippen LogP contribution < -0.4 is 15.8 Å². The van der Waals surface area contributed by atoms with E-state index in [0.717, 1.165) is 31.8 Å². The molecular formula is C13H13Br2N3O. The predicted molar refractivity (Wildman–Crippen MR) is 85.1 cm³/mol. The number of methoxy groups -OCH3 is 1. The van der Waals surface area contributed by atoms with E-state index in [0.29, 0.717) is 5.69 Å². The number of nitrogens with one attached hydrogen (secondary N) is 1. The topological polar surface area (TPSA) is 60.2 Å². The van der Waals surface area contributed by atoms with E-state index < -0.39 is 0 Å². The highest BCUT2D eigenvalue weighted by Gasteiger charge is 2.08. The maximum absolute atomic E-state index is 5.75. The summed E-state index contributed by atoms with van der Waals surface area (Å²) in [6.07, 6.45) is 1.64. The Bertz CT molecular complexity index is 617. The number of aryl methyl sites for hydroxylation is 1. The lowest BCUT2D eigenvalue weighted by Crippen LogP contribution is -1.98. The fraction of sp³-hybridized carbons (Fsp3) is 0.154. The first-order chi connectivity index (χ1) is 9.01. The van der Waals surface area contributed by atoms with Crippen molar-refractivity contribution in [2.75, 3.05) is 18.2 Å². The molecule has 0 radical (unpaired) electrons. The van der Waals surface area contributed by atoms with Gasteiger partial charge in [-0.2, -0.15) is 0 Å². The van der Waals surface area contributed by atoms with E-state index in [-0.39, 0.29) is 0 Å². The normalized spacial score (nSPS) is 10.3. The molecule has 1 heterocycles. The molecule has 0 aliphatic heterocycles. The molecule has 4 nitrogen and oxygen atoms in total. The van der Waals surface area contributed by atoms with Crippen LogP contribution in [0, 0.1) is 6.92 Å². The molecule has 19 heavy (non-hydrogen) atoms. The number of anilines is 3. The van der Waals surface area contributed by atoms with Crippen molar-refractivity contribution in [1.82, 2.24) is 4.98 Å². The van der Waals surface area contributed by atoms with Crippen LogP contribution in [-0.4, -0.2) is 12.1 Å². The SMILES string of the molecule is COc1cc(Nc2cc(C)c(N)cn2)c(Br)cc1Br. The molecule has 0 aliphatic rings. The van der Waals surface area contributed by atoms with Gasteiger partial charge >= 0.3 is 0 Å². The predicted octanol–water partition coefficient (Wildman–Crippen LogP) is 4.25. The molecule has 1 aromatic carbocycles. The van der Waals surface area contributed by atoms with Crippen molar-refractivity contribution in [3.63, 3.8) is 0 Å². The Morgan fingerprint density at radius 3 is 2.58 bits per heavy atom. The van der Waals surface area contributed by atoms with Crippen molar-refractivity contribution >= 4 is 49.1 Å². The zero-order valence-corrected chi connectivity index (χ0v) is 13.7. The molecule has 0 saturated heterocycles. The minimum atomic E-state index is 0.679. The number of pyridine rings is 1. The average molecular weight is 387 g/mol. The third kappa shape index (κ3) is 3.19. The van der Waals surface area contributed by atoms with Crippen LogP contribution in [0.1, 0.15) is 5.56 Å². The summed E-state index contributed by atoms with van der Waals surface area (Å²) in [7, 11) is 1.63. The summed E-state index contributed by atoms with van der Waals surface area (Å²) in [5.74, 6) is 1.48. The van der Waals surface area contributed by atoms with Crippen molar-refractivity contribution in [3.05, 3.63) is 38.9 Å². The molecule has 0 spiro atoms. The molecule has 0 amide bonds. The van der Waals surface area contributed by atoms with E-state index in [1.807, 2.05) is 25.1 Å². The minimum Gasteiger partial charge on any atom is -0.495 e. The molecule has 6 heteroatoms. The first-order valence-electron chi connectivity index (χ1n) is 5.53. The highest BCUT2D eigenvalue weighted by Crippen LogP contribution is 2.35. The zero-order chi connectivity index (χ0) is 14.0. The summed E-state index contributed by atoms with van der Waals surface area (Å²) in [6.45, 7) is 1.94. The Balaban J connectivity index is 2.34. The van der Waals surface area contributed by atoms with Gasteiger partial charge in [0.15, 0.2) is 0 Å². The van der Waals surface area contributed by atoms with Gasteiger partial charge in [-0.25, -0.2) is 4.98 Å². The number of nitrogens with zero attached hydrogens (tertiary/aromatic N) is 1. The summed E-state index contributed by atoms with van der Waals surface area (Å²) < 4.78 is 7.07. The molecule has 0 atom stereocenters. The van der Waals surface area contributed by atoms with Crippen molar-refractivity contribution in [1.29, 1.82) is 0 Å². The molecule has 3 N–H and O–H groups in total. The smallest absolute Gasteiger partial charge is 0.135 e. The third-order valence-electron chi connectivity index (χ3n) is 2.66. The molecule has 2 aromatic rings. The second-order valence-electron chi connectivity index (χ2n) is 4.02. The number of hydrogen-bond donors (Lipinski definition) is 2. The molecule has 100 valence electrons. The second-order valence-corrected chi connectivity index (χ2v) is 5.73. The van der Waals surface area contributed by atoms with E-state index in [1.165, 1.54) is 0 Å². The summed E-state index contributed by atoms with van der Waals surface area (Å²) in [6, 6.07) is 5.71. The van der Waals surface area contributed by atoms with Crippen LogP contribution in [0.4, 0.5) is 17.2 Å². The summed E-state index contributed by atoms with van der Waals surface area (Å²) in [4.78, 5) is 4.24. The molecule has 0 bridgehead atoms. The number of nitrogens with two attached hydrogens (primary N) is 1. The van der Waals surface area contributed by atoms with Crippen LogP contribution in [-0.2, 0) is 0 Å². The van der Waals surface area contributed by atoms with Crippen LogP contribution >= 0.6 is 31.9 Å². The lowest BCUT2D eigenvalue weighted by Gasteiger charge is -2.12. The number of nitrogen functional groups attached to an aromatic ring is 1. The molecule has 0 unspecified atom stereocenters. The van der Waals surface area contributed by atoms with Crippen molar-refractivity contribution < 1.29 is 4.74 Å². The Kier molecular flexibility index (Phi) is 4.31. The molecule has 0 saturated carbocycles. The monoisotopic (exact) mass is 385 g/mol. The Hall–Kier alpha value is -1.27. The van der Waals surface area contributed by atoms with Crippen LogP contribution in [0.5, 0.6) is 5.75 Å². The highest BCUT2D eigenvalue weighted by atomic mass is 79.9. The lowest BCUT2D eigenvalue weighted by molar-refractivity contribution is 0.412. The van der Waals surface area contributed by atoms with Crippen molar-refractivity contribution in [3.8, 4) is 5.75 Å². The van der Waals surface area contributed by atoms with E-state index in [9.17, 15) is 0 Å². The van der Waals surface area contributed by atoms with Crippen molar-refractivity contribution in [2.24, 2.45) is 0 Å². The van der Waals surface area contributed by atoms with Gasteiger partial charge in [-0.3, -0.25) is 0 Å². The van der Waals surface area contributed by atoms with Crippen LogP contribution in [0.15, 0.2) is 33.3 Å². The molecule has 0 fully saturated rings. The number of benzene rings is 1. The zero-order valence-electron chi connectivity index (χ0n) is 10.5. The van der Waals surface area contributed by atoms with E-state index in [4.69, 9.17) is 10.5 Å². The van der Waals surface area contributed by atoms with Gasteiger partial charge < -0.3 is 15.8 Å². The molecule has 2 rings (SSSR count). The van der Waals surface area contributed by atoms with Crippen LogP contribution in [0.2, 0.25) is 0 Å². The van der Waals surface area contributed by atoms with E-state index in [2.05, 4.69) is 42.2 Å². The van der Waals surface area contributed by atoms with Gasteiger partial charge in [0.2, 0.25) is 0 Å². The Morgan fingerprint density at radius 2 is 1.95 bits per heavy atom. The van der Waals surface area contributed by atoms with Crippen LogP contribution in [0.3, 0.4) is 0 Å². The van der Waals surface area contributed by atoms with Gasteiger partial charge in [0.05, 0.1) is 29.2 Å². The average Bonchev–Trinajstić information content (AvgIpc) is 2.37. The summed E-state index contributed by atoms with van der Waals surface area (Å²) in [5.41, 5.74) is 8.29. The van der Waals surface area contributed by atoms with E-state index in [1.54, 1.807) is 13.3 Å². The maximum atomic E-state index is 5.75. The van der Waals surface area contributed by atoms with E-state index >= 15 is 0 Å². The second kappa shape index (κ2) is 5.79. The van der Waals surface area contributed by atoms with Crippen molar-refractivity contribution in [2.45, 2.75) is 6.92 Å². The van der Waals surface area contributed by atoms with Gasteiger partial charge in [-0.05, 0) is 56.5 Å². The van der Waals surface area contributed by atoms with Gasteiger partial charge in [-0.1, -0.05) is 0 Å². The number of halogens is 2. The fourth-order valence-electron chi connectivity index (χ4n) is 1.55.